The van der Waals surface area contributed by atoms with Crippen molar-refractivity contribution in [1.82, 2.24) is 0 Å². The van der Waals surface area contributed by atoms with Gasteiger partial charge in [-0.1, -0.05) is 0 Å². The fraction of sp³-hybridized carbons (Fsp3) is 0.333. The van der Waals surface area contributed by atoms with E-state index in [1.807, 2.05) is 12.1 Å². The van der Waals surface area contributed by atoms with Crippen LogP contribution in [0.5, 0.6) is 0 Å². The van der Waals surface area contributed by atoms with Gasteiger partial charge in [0, 0.05) is 37.6 Å². The summed E-state index contributed by atoms with van der Waals surface area (Å²) in [7, 11) is -2.35. The Bertz CT molecular complexity index is 844. The van der Waals surface area contributed by atoms with Crippen molar-refractivity contribution >= 4 is 21.4 Å². The molecule has 0 spiro atoms. The van der Waals surface area contributed by atoms with E-state index in [1.54, 1.807) is 19.2 Å². The van der Waals surface area contributed by atoms with Crippen LogP contribution in [-0.2, 0) is 14.8 Å². The Hall–Kier alpha value is -2.19. The number of anilines is 2. The summed E-state index contributed by atoms with van der Waals surface area (Å²) in [5, 5.41) is 0. The molecule has 1 saturated heterocycles. The van der Waals surface area contributed by atoms with Crippen molar-refractivity contribution in [2.45, 2.75) is 23.8 Å². The van der Waals surface area contributed by atoms with Crippen molar-refractivity contribution in [3.63, 3.8) is 0 Å². The van der Waals surface area contributed by atoms with Gasteiger partial charge in [0.2, 0.25) is 0 Å². The van der Waals surface area contributed by atoms with E-state index in [0.717, 1.165) is 43.8 Å². The van der Waals surface area contributed by atoms with Crippen LogP contribution in [0.3, 0.4) is 0 Å². The summed E-state index contributed by atoms with van der Waals surface area (Å²) in [4.78, 5) is 1.75. The molecular formula is C18H20F2N2O3S. The van der Waals surface area contributed by atoms with Crippen molar-refractivity contribution in [1.29, 1.82) is 0 Å². The second-order valence-electron chi connectivity index (χ2n) is 6.18. The van der Waals surface area contributed by atoms with Gasteiger partial charge < -0.3 is 9.64 Å². The lowest BCUT2D eigenvalue weighted by Crippen LogP contribution is -2.36. The Labute approximate surface area is 151 Å². The van der Waals surface area contributed by atoms with Gasteiger partial charge in [0.05, 0.1) is 11.0 Å². The van der Waals surface area contributed by atoms with Crippen molar-refractivity contribution < 1.29 is 21.9 Å². The summed E-state index contributed by atoms with van der Waals surface area (Å²) in [5.41, 5.74) is 1.31. The number of benzene rings is 2. The highest BCUT2D eigenvalue weighted by molar-refractivity contribution is 7.92. The van der Waals surface area contributed by atoms with Gasteiger partial charge in [0.15, 0.2) is 0 Å². The molecule has 2 aromatic rings. The Balaban J connectivity index is 1.71. The van der Waals surface area contributed by atoms with E-state index in [1.165, 1.54) is 0 Å². The molecule has 1 N–H and O–H groups in total. The smallest absolute Gasteiger partial charge is 0.262 e. The Morgan fingerprint density at radius 2 is 1.62 bits per heavy atom. The van der Waals surface area contributed by atoms with Crippen molar-refractivity contribution in [2.75, 3.05) is 29.8 Å². The maximum atomic E-state index is 13.3. The lowest BCUT2D eigenvalue weighted by molar-refractivity contribution is 0.0819. The molecule has 2 aromatic carbocycles. The molecule has 1 aliphatic rings. The average molecular weight is 382 g/mol. The molecule has 0 unspecified atom stereocenters. The number of methoxy groups -OCH3 is 1. The van der Waals surface area contributed by atoms with Crippen LogP contribution in [0, 0.1) is 11.6 Å². The molecule has 1 aliphatic heterocycles. The number of halogens is 2. The van der Waals surface area contributed by atoms with E-state index in [4.69, 9.17) is 4.74 Å². The van der Waals surface area contributed by atoms with Gasteiger partial charge in [-0.3, -0.25) is 4.72 Å². The fourth-order valence-electron chi connectivity index (χ4n) is 2.99. The molecule has 3 rings (SSSR count). The molecule has 140 valence electrons. The third-order valence-electron chi connectivity index (χ3n) is 4.41. The van der Waals surface area contributed by atoms with Crippen LogP contribution in [0.2, 0.25) is 0 Å². The van der Waals surface area contributed by atoms with Crippen molar-refractivity contribution in [3.8, 4) is 0 Å². The molecule has 26 heavy (non-hydrogen) atoms. The molecule has 0 aliphatic carbocycles. The third-order valence-corrected chi connectivity index (χ3v) is 5.77. The Morgan fingerprint density at radius 3 is 2.15 bits per heavy atom. The molecule has 0 amide bonds. The topological polar surface area (TPSA) is 58.6 Å². The van der Waals surface area contributed by atoms with Crippen LogP contribution in [0.1, 0.15) is 12.8 Å². The van der Waals surface area contributed by atoms with Gasteiger partial charge in [-0.2, -0.15) is 0 Å². The molecule has 1 heterocycles. The van der Waals surface area contributed by atoms with Crippen LogP contribution in [-0.4, -0.2) is 34.7 Å². The highest BCUT2D eigenvalue weighted by Gasteiger charge is 2.20. The number of hydrogen-bond donors (Lipinski definition) is 1. The van der Waals surface area contributed by atoms with E-state index in [9.17, 15) is 17.2 Å². The third kappa shape index (κ3) is 4.31. The molecule has 8 heteroatoms. The summed E-state index contributed by atoms with van der Waals surface area (Å²) in [5.74, 6) is -1.89. The number of sulfonamides is 1. The van der Waals surface area contributed by atoms with Gasteiger partial charge in [-0.05, 0) is 49.2 Å². The normalized spacial score (nSPS) is 15.9. The van der Waals surface area contributed by atoms with E-state index < -0.39 is 26.6 Å². The summed E-state index contributed by atoms with van der Waals surface area (Å²) in [6.07, 6.45) is 2.16. The lowest BCUT2D eigenvalue weighted by Gasteiger charge is -2.33. The maximum absolute atomic E-state index is 13.3. The lowest BCUT2D eigenvalue weighted by atomic mass is 10.1. The van der Waals surface area contributed by atoms with Crippen LogP contribution in [0.25, 0.3) is 0 Å². The van der Waals surface area contributed by atoms with Crippen LogP contribution in [0.4, 0.5) is 20.2 Å². The van der Waals surface area contributed by atoms with Gasteiger partial charge in [-0.15, -0.1) is 0 Å². The van der Waals surface area contributed by atoms with Crippen molar-refractivity contribution in [3.05, 3.63) is 54.1 Å². The van der Waals surface area contributed by atoms with E-state index in [0.29, 0.717) is 11.8 Å². The van der Waals surface area contributed by atoms with Gasteiger partial charge >= 0.3 is 0 Å². The first-order valence-corrected chi connectivity index (χ1v) is 9.72. The first kappa shape index (κ1) is 18.6. The number of ether oxygens (including phenoxy) is 1. The Kier molecular flexibility index (Phi) is 5.43. The minimum Gasteiger partial charge on any atom is -0.381 e. The zero-order valence-electron chi connectivity index (χ0n) is 14.3. The second-order valence-corrected chi connectivity index (χ2v) is 7.86. The van der Waals surface area contributed by atoms with Crippen LogP contribution >= 0.6 is 0 Å². The first-order valence-electron chi connectivity index (χ1n) is 8.24. The standard InChI is InChI=1S/C18H20F2N2O3S/c1-25-17-6-8-22(9-7-17)16-4-2-15(3-5-16)21-26(23,24)18-11-13(19)10-14(20)12-18/h2-5,10-12,17,21H,6-9H2,1H3. The van der Waals surface area contributed by atoms with Gasteiger partial charge in [-0.25, -0.2) is 17.2 Å². The largest absolute Gasteiger partial charge is 0.381 e. The molecule has 0 bridgehead atoms. The zero-order valence-corrected chi connectivity index (χ0v) is 15.1. The monoisotopic (exact) mass is 382 g/mol. The first-order chi connectivity index (χ1) is 12.4. The fourth-order valence-corrected chi connectivity index (χ4v) is 4.09. The minimum atomic E-state index is -4.07. The molecule has 0 radical (unpaired) electrons. The van der Waals surface area contributed by atoms with E-state index in [-0.39, 0.29) is 6.10 Å². The quantitative estimate of drug-likeness (QED) is 0.861. The number of nitrogens with zero attached hydrogens (tertiary/aromatic N) is 1. The Morgan fingerprint density at radius 1 is 1.04 bits per heavy atom. The van der Waals surface area contributed by atoms with E-state index >= 15 is 0 Å². The average Bonchev–Trinajstić information content (AvgIpc) is 2.61. The highest BCUT2D eigenvalue weighted by Crippen LogP contribution is 2.24. The predicted octanol–water partition coefficient (Wildman–Crippen LogP) is 3.38. The van der Waals surface area contributed by atoms with Crippen molar-refractivity contribution in [2.24, 2.45) is 0 Å². The summed E-state index contributed by atoms with van der Waals surface area (Å²) >= 11 is 0. The molecule has 0 aromatic heterocycles. The maximum Gasteiger partial charge on any atom is 0.262 e. The van der Waals surface area contributed by atoms with E-state index in [2.05, 4.69) is 9.62 Å². The molecular weight excluding hydrogens is 362 g/mol. The predicted molar refractivity (Wildman–Crippen MR) is 95.9 cm³/mol. The second kappa shape index (κ2) is 7.59. The molecule has 0 saturated carbocycles. The van der Waals surface area contributed by atoms with Gasteiger partial charge in [0.25, 0.3) is 10.0 Å². The summed E-state index contributed by atoms with van der Waals surface area (Å²) in [6.45, 7) is 1.73. The highest BCUT2D eigenvalue weighted by atomic mass is 32.2. The van der Waals surface area contributed by atoms with Crippen LogP contribution < -0.4 is 9.62 Å². The van der Waals surface area contributed by atoms with Crippen LogP contribution in [0.15, 0.2) is 47.4 Å². The number of rotatable bonds is 5. The zero-order chi connectivity index (χ0) is 18.7. The SMILES string of the molecule is COC1CCN(c2ccc(NS(=O)(=O)c3cc(F)cc(F)c3)cc2)CC1. The molecule has 5 nitrogen and oxygen atoms in total. The summed E-state index contributed by atoms with van der Waals surface area (Å²) < 4.78 is 58.8. The molecule has 1 fully saturated rings. The minimum absolute atomic E-state index is 0.281. The van der Waals surface area contributed by atoms with Gasteiger partial charge in [0.1, 0.15) is 11.6 Å². The molecule has 0 atom stereocenters. The summed E-state index contributed by atoms with van der Waals surface area (Å²) in [6, 6.07) is 9.07. The number of piperidine rings is 1. The number of nitrogens with one attached hydrogen (secondary N) is 1. The number of hydrogen-bond acceptors (Lipinski definition) is 4.